The van der Waals surface area contributed by atoms with E-state index in [-0.39, 0.29) is 11.6 Å². The molecule has 0 aliphatic carbocycles. The van der Waals surface area contributed by atoms with E-state index < -0.39 is 0 Å². The van der Waals surface area contributed by atoms with Crippen LogP contribution in [0.15, 0.2) is 53.7 Å². The lowest BCUT2D eigenvalue weighted by atomic mass is 10.0. The minimum absolute atomic E-state index is 0.196. The van der Waals surface area contributed by atoms with Crippen LogP contribution in [-0.4, -0.2) is 5.91 Å². The molecule has 1 aliphatic rings. The van der Waals surface area contributed by atoms with Crippen LogP contribution in [0.2, 0.25) is 0 Å². The lowest BCUT2D eigenvalue weighted by Crippen LogP contribution is -2.21. The third-order valence-corrected chi connectivity index (χ3v) is 4.22. The van der Waals surface area contributed by atoms with Gasteiger partial charge in [-0.1, -0.05) is 24.3 Å². The number of aryl methyl sites for hydroxylation is 2. The summed E-state index contributed by atoms with van der Waals surface area (Å²) in [5.41, 5.74) is 4.38. The van der Waals surface area contributed by atoms with E-state index in [0.29, 0.717) is 5.56 Å². The van der Waals surface area contributed by atoms with Crippen LogP contribution in [0.3, 0.4) is 0 Å². The quantitative estimate of drug-likeness (QED) is 0.615. The molecule has 0 saturated carbocycles. The third-order valence-electron chi connectivity index (χ3n) is 4.22. The fraction of sp³-hybridized carbons (Fsp3) is 0.105. The molecule has 0 N–H and O–H groups in total. The molecule has 3 aromatic rings. The molecule has 0 radical (unpaired) electrons. The van der Waals surface area contributed by atoms with E-state index in [4.69, 9.17) is 0 Å². The van der Waals surface area contributed by atoms with E-state index in [2.05, 4.69) is 11.2 Å². The van der Waals surface area contributed by atoms with Gasteiger partial charge in [0, 0.05) is 11.1 Å². The number of nitroso groups, excluding NO2 is 1. The number of anilines is 2. The van der Waals surface area contributed by atoms with Gasteiger partial charge < -0.3 is 0 Å². The van der Waals surface area contributed by atoms with Crippen molar-refractivity contribution >= 4 is 33.7 Å². The average Bonchev–Trinajstić information content (AvgIpc) is 2.82. The van der Waals surface area contributed by atoms with Gasteiger partial charge in [0.2, 0.25) is 0 Å². The van der Waals surface area contributed by atoms with Crippen LogP contribution in [0.4, 0.5) is 17.1 Å². The van der Waals surface area contributed by atoms with E-state index in [9.17, 15) is 9.70 Å². The van der Waals surface area contributed by atoms with Crippen molar-refractivity contribution in [3.63, 3.8) is 0 Å². The van der Waals surface area contributed by atoms with Gasteiger partial charge in [0.25, 0.3) is 5.91 Å². The van der Waals surface area contributed by atoms with Gasteiger partial charge in [0.15, 0.2) is 0 Å². The largest absolute Gasteiger partial charge is 0.276 e. The molecule has 0 unspecified atom stereocenters. The first-order chi connectivity index (χ1) is 11.1. The van der Waals surface area contributed by atoms with Crippen molar-refractivity contribution in [2.45, 2.75) is 13.8 Å². The smallest absolute Gasteiger partial charge is 0.265 e. The Kier molecular flexibility index (Phi) is 2.81. The summed E-state index contributed by atoms with van der Waals surface area (Å²) in [4.78, 5) is 25.8. The molecule has 1 amide bonds. The predicted octanol–water partition coefficient (Wildman–Crippen LogP) is 5.15. The zero-order valence-corrected chi connectivity index (χ0v) is 12.8. The fourth-order valence-electron chi connectivity index (χ4n) is 3.39. The Labute approximate surface area is 133 Å². The molecule has 0 atom stereocenters. The van der Waals surface area contributed by atoms with Gasteiger partial charge >= 0.3 is 0 Å². The fourth-order valence-corrected chi connectivity index (χ4v) is 3.39. The first kappa shape index (κ1) is 13.6. The topological polar surface area (TPSA) is 49.7 Å². The first-order valence-electron chi connectivity index (χ1n) is 7.42. The number of nitrogens with zero attached hydrogens (tertiary/aromatic N) is 2. The average molecular weight is 302 g/mol. The molecular weight excluding hydrogens is 288 g/mol. The van der Waals surface area contributed by atoms with Gasteiger partial charge in [-0.05, 0) is 59.8 Å². The van der Waals surface area contributed by atoms with E-state index in [1.54, 1.807) is 11.0 Å². The molecule has 4 nitrogen and oxygen atoms in total. The summed E-state index contributed by atoms with van der Waals surface area (Å²) in [5, 5.41) is 4.78. The standard InChI is InChI=1S/C19H14N2O2/c1-11-8-12(2)10-14(9-11)21-16-5-3-4-13-6-7-15(20-23)18(17(13)16)19(21)22/h3-10H,1-2H3. The van der Waals surface area contributed by atoms with Crippen molar-refractivity contribution in [2.24, 2.45) is 5.18 Å². The van der Waals surface area contributed by atoms with E-state index in [1.165, 1.54) is 0 Å². The highest BCUT2D eigenvalue weighted by atomic mass is 16.3. The zero-order chi connectivity index (χ0) is 16.1. The SMILES string of the molecule is Cc1cc(C)cc(N2C(=O)c3c(N=O)ccc4cccc2c34)c1. The molecular formula is C19H14N2O2. The molecule has 0 spiro atoms. The number of benzene rings is 3. The van der Waals surface area contributed by atoms with Gasteiger partial charge in [-0.15, -0.1) is 4.91 Å². The molecule has 0 aromatic heterocycles. The Balaban J connectivity index is 2.04. The highest BCUT2D eigenvalue weighted by Crippen LogP contribution is 2.45. The van der Waals surface area contributed by atoms with Crippen LogP contribution in [0.1, 0.15) is 21.5 Å². The molecule has 1 heterocycles. The van der Waals surface area contributed by atoms with Crippen molar-refractivity contribution in [3.05, 3.63) is 70.1 Å². The molecule has 4 heteroatoms. The van der Waals surface area contributed by atoms with Crippen LogP contribution < -0.4 is 4.90 Å². The number of hydrogen-bond donors (Lipinski definition) is 0. The monoisotopic (exact) mass is 302 g/mol. The maximum Gasteiger partial charge on any atom is 0.265 e. The summed E-state index contributed by atoms with van der Waals surface area (Å²) in [5.74, 6) is -0.198. The minimum Gasteiger partial charge on any atom is -0.276 e. The van der Waals surface area contributed by atoms with Crippen LogP contribution in [0, 0.1) is 18.8 Å². The number of rotatable bonds is 2. The molecule has 3 aromatic carbocycles. The summed E-state index contributed by atoms with van der Waals surface area (Å²) >= 11 is 0. The molecule has 4 rings (SSSR count). The van der Waals surface area contributed by atoms with E-state index in [0.717, 1.165) is 33.3 Å². The summed E-state index contributed by atoms with van der Waals surface area (Å²) in [6.07, 6.45) is 0. The summed E-state index contributed by atoms with van der Waals surface area (Å²) < 4.78 is 0. The van der Waals surface area contributed by atoms with E-state index in [1.807, 2.05) is 50.2 Å². The Morgan fingerprint density at radius 1 is 0.957 bits per heavy atom. The van der Waals surface area contributed by atoms with Crippen LogP contribution in [-0.2, 0) is 0 Å². The van der Waals surface area contributed by atoms with Crippen LogP contribution >= 0.6 is 0 Å². The minimum atomic E-state index is -0.198. The second kappa shape index (κ2) is 4.74. The van der Waals surface area contributed by atoms with Crippen molar-refractivity contribution in [1.29, 1.82) is 0 Å². The molecule has 0 fully saturated rings. The summed E-state index contributed by atoms with van der Waals surface area (Å²) in [6.45, 7) is 4.01. The molecule has 112 valence electrons. The van der Waals surface area contributed by atoms with E-state index >= 15 is 0 Å². The summed E-state index contributed by atoms with van der Waals surface area (Å²) in [6, 6.07) is 15.2. The van der Waals surface area contributed by atoms with Crippen molar-refractivity contribution in [1.82, 2.24) is 0 Å². The van der Waals surface area contributed by atoms with Gasteiger partial charge in [-0.3, -0.25) is 9.69 Å². The highest BCUT2D eigenvalue weighted by Gasteiger charge is 2.33. The number of carbonyl (C=O) groups excluding carboxylic acids is 1. The normalized spacial score (nSPS) is 13.0. The Hall–Kier alpha value is -3.01. The van der Waals surface area contributed by atoms with Gasteiger partial charge in [-0.25, -0.2) is 0 Å². The predicted molar refractivity (Wildman–Crippen MR) is 91.8 cm³/mol. The zero-order valence-electron chi connectivity index (χ0n) is 12.8. The number of amides is 1. The van der Waals surface area contributed by atoms with Crippen molar-refractivity contribution in [3.8, 4) is 0 Å². The van der Waals surface area contributed by atoms with Crippen molar-refractivity contribution < 1.29 is 4.79 Å². The lowest BCUT2D eigenvalue weighted by Gasteiger charge is -2.19. The molecule has 0 saturated heterocycles. The second-order valence-corrected chi connectivity index (χ2v) is 5.91. The maximum atomic E-state index is 13.0. The summed E-state index contributed by atoms with van der Waals surface area (Å²) in [7, 11) is 0. The van der Waals surface area contributed by atoms with Crippen LogP contribution in [0.25, 0.3) is 10.8 Å². The van der Waals surface area contributed by atoms with Crippen LogP contribution in [0.5, 0.6) is 0 Å². The Morgan fingerprint density at radius 2 is 1.70 bits per heavy atom. The second-order valence-electron chi connectivity index (χ2n) is 5.91. The molecule has 23 heavy (non-hydrogen) atoms. The first-order valence-corrected chi connectivity index (χ1v) is 7.42. The molecule has 1 aliphatic heterocycles. The highest BCUT2D eigenvalue weighted by molar-refractivity contribution is 6.30. The van der Waals surface area contributed by atoms with Gasteiger partial charge in [-0.2, -0.15) is 0 Å². The molecule has 0 bridgehead atoms. The Morgan fingerprint density at radius 3 is 2.39 bits per heavy atom. The lowest BCUT2D eigenvalue weighted by molar-refractivity contribution is 0.101. The third kappa shape index (κ3) is 1.88. The maximum absolute atomic E-state index is 13.0. The van der Waals surface area contributed by atoms with Crippen molar-refractivity contribution in [2.75, 3.05) is 4.90 Å². The Bertz CT molecular complexity index is 972. The number of hydrogen-bond acceptors (Lipinski definition) is 3. The van der Waals surface area contributed by atoms with Gasteiger partial charge in [0.1, 0.15) is 5.69 Å². The van der Waals surface area contributed by atoms with Gasteiger partial charge in [0.05, 0.1) is 11.3 Å². The number of carbonyl (C=O) groups is 1.